The van der Waals surface area contributed by atoms with Gasteiger partial charge in [-0.05, 0) is 31.0 Å². The maximum atomic E-state index is 12.5. The first kappa shape index (κ1) is 14.7. The predicted octanol–water partition coefficient (Wildman–Crippen LogP) is 2.89. The molecule has 0 aromatic carbocycles. The molecule has 0 spiro atoms. The lowest BCUT2D eigenvalue weighted by Crippen LogP contribution is -2.13. The van der Waals surface area contributed by atoms with Crippen LogP contribution in [0.4, 0.5) is 5.13 Å². The molecule has 25 heavy (non-hydrogen) atoms. The number of anilines is 1. The van der Waals surface area contributed by atoms with E-state index in [0.29, 0.717) is 31.8 Å². The van der Waals surface area contributed by atoms with Crippen LogP contribution in [0.15, 0.2) is 35.3 Å². The molecule has 0 radical (unpaired) electrons. The van der Waals surface area contributed by atoms with Crippen molar-refractivity contribution in [2.45, 2.75) is 18.8 Å². The van der Waals surface area contributed by atoms with Gasteiger partial charge in [0.1, 0.15) is 15.5 Å². The molecule has 5 rings (SSSR count). The summed E-state index contributed by atoms with van der Waals surface area (Å²) in [5.41, 5.74) is 0.384. The fraction of sp³-hybridized carbons (Fsp3) is 0.188. The second-order valence-electron chi connectivity index (χ2n) is 5.85. The number of amides is 1. The Morgan fingerprint density at radius 3 is 2.96 bits per heavy atom. The summed E-state index contributed by atoms with van der Waals surface area (Å²) in [7, 11) is 0. The number of pyridine rings is 1. The lowest BCUT2D eigenvalue weighted by atomic mass is 10.3. The molecule has 0 saturated heterocycles. The Morgan fingerprint density at radius 2 is 2.12 bits per heavy atom. The third-order valence-corrected chi connectivity index (χ3v) is 6.06. The molecule has 1 N–H and O–H groups in total. The summed E-state index contributed by atoms with van der Waals surface area (Å²) >= 11 is 2.61. The van der Waals surface area contributed by atoms with Crippen molar-refractivity contribution in [2.24, 2.45) is 0 Å². The standard InChI is InChI=1S/C16H11N5O2S2/c22-12(18-16-20-19-13(25-16)8-4-5-8)10-7-9-14(24-10)17-11-3-1-2-6-21(11)15(9)23/h1-3,6-8H,4-5H2,(H,18,20,22). The van der Waals surface area contributed by atoms with Gasteiger partial charge in [0.2, 0.25) is 5.13 Å². The topological polar surface area (TPSA) is 89.2 Å². The second kappa shape index (κ2) is 5.43. The van der Waals surface area contributed by atoms with Crippen molar-refractivity contribution in [1.29, 1.82) is 0 Å². The number of fused-ring (bicyclic) bond motifs is 2. The van der Waals surface area contributed by atoms with E-state index in [1.807, 2.05) is 6.07 Å². The van der Waals surface area contributed by atoms with E-state index in [1.54, 1.807) is 24.4 Å². The van der Waals surface area contributed by atoms with Crippen molar-refractivity contribution in [3.05, 3.63) is 50.7 Å². The summed E-state index contributed by atoms with van der Waals surface area (Å²) in [5.74, 6) is 0.208. The van der Waals surface area contributed by atoms with Crippen LogP contribution in [-0.4, -0.2) is 25.5 Å². The highest BCUT2D eigenvalue weighted by atomic mass is 32.1. The fourth-order valence-corrected chi connectivity index (χ4v) is 4.43. The number of nitrogens with zero attached hydrogens (tertiary/aromatic N) is 4. The van der Waals surface area contributed by atoms with Gasteiger partial charge in [-0.25, -0.2) is 4.98 Å². The summed E-state index contributed by atoms with van der Waals surface area (Å²) in [6.07, 6.45) is 3.95. The molecule has 9 heteroatoms. The number of carbonyl (C=O) groups excluding carboxylic acids is 1. The smallest absolute Gasteiger partial charge is 0.267 e. The minimum Gasteiger partial charge on any atom is -0.296 e. The summed E-state index contributed by atoms with van der Waals surface area (Å²) in [6.45, 7) is 0. The first-order valence-corrected chi connectivity index (χ1v) is 9.38. The Labute approximate surface area is 149 Å². The van der Waals surface area contributed by atoms with Crippen molar-refractivity contribution in [2.75, 3.05) is 5.32 Å². The zero-order valence-corrected chi connectivity index (χ0v) is 14.4. The van der Waals surface area contributed by atoms with Crippen LogP contribution in [0.3, 0.4) is 0 Å². The Balaban J connectivity index is 1.51. The molecule has 1 fully saturated rings. The molecule has 4 heterocycles. The van der Waals surface area contributed by atoms with Gasteiger partial charge in [0.05, 0.1) is 10.3 Å². The van der Waals surface area contributed by atoms with E-state index in [4.69, 9.17) is 0 Å². The molecule has 4 aromatic rings. The molecule has 124 valence electrons. The van der Waals surface area contributed by atoms with Crippen LogP contribution in [-0.2, 0) is 0 Å². The monoisotopic (exact) mass is 369 g/mol. The zero-order valence-electron chi connectivity index (χ0n) is 12.8. The molecule has 0 aliphatic heterocycles. The van der Waals surface area contributed by atoms with Gasteiger partial charge in [-0.3, -0.25) is 19.3 Å². The van der Waals surface area contributed by atoms with Crippen LogP contribution in [0.1, 0.15) is 33.4 Å². The van der Waals surface area contributed by atoms with Crippen molar-refractivity contribution in [1.82, 2.24) is 19.6 Å². The van der Waals surface area contributed by atoms with Crippen LogP contribution in [0, 0.1) is 0 Å². The molecule has 1 aliphatic rings. The number of rotatable bonds is 3. The molecular weight excluding hydrogens is 358 g/mol. The van der Waals surface area contributed by atoms with E-state index in [2.05, 4.69) is 20.5 Å². The Kier molecular flexibility index (Phi) is 3.19. The van der Waals surface area contributed by atoms with E-state index < -0.39 is 0 Å². The van der Waals surface area contributed by atoms with Crippen LogP contribution in [0.5, 0.6) is 0 Å². The SMILES string of the molecule is O=C(Nc1nnc(C2CC2)s1)c1cc2c(=O)n3ccccc3nc2s1. The minimum atomic E-state index is -0.296. The van der Waals surface area contributed by atoms with Gasteiger partial charge in [0, 0.05) is 12.1 Å². The van der Waals surface area contributed by atoms with E-state index in [9.17, 15) is 9.59 Å². The summed E-state index contributed by atoms with van der Waals surface area (Å²) < 4.78 is 1.48. The Hall–Kier alpha value is -2.65. The van der Waals surface area contributed by atoms with Gasteiger partial charge in [-0.1, -0.05) is 17.4 Å². The van der Waals surface area contributed by atoms with Crippen LogP contribution in [0.25, 0.3) is 15.9 Å². The van der Waals surface area contributed by atoms with Gasteiger partial charge in [-0.2, -0.15) is 0 Å². The summed E-state index contributed by atoms with van der Waals surface area (Å²) in [4.78, 5) is 30.5. The fourth-order valence-electron chi connectivity index (χ4n) is 2.60. The number of hydrogen-bond donors (Lipinski definition) is 1. The molecule has 1 saturated carbocycles. The lowest BCUT2D eigenvalue weighted by molar-refractivity contribution is 0.103. The van der Waals surface area contributed by atoms with Gasteiger partial charge in [0.25, 0.3) is 11.5 Å². The van der Waals surface area contributed by atoms with E-state index in [1.165, 1.54) is 27.1 Å². The normalized spacial score (nSPS) is 14.2. The molecule has 1 aliphatic carbocycles. The molecule has 0 unspecified atom stereocenters. The van der Waals surface area contributed by atoms with Gasteiger partial charge < -0.3 is 0 Å². The zero-order chi connectivity index (χ0) is 17.0. The molecule has 0 atom stereocenters. The molecule has 7 nitrogen and oxygen atoms in total. The largest absolute Gasteiger partial charge is 0.296 e. The van der Waals surface area contributed by atoms with Gasteiger partial charge in [0.15, 0.2) is 0 Å². The first-order chi connectivity index (χ1) is 12.2. The number of carbonyl (C=O) groups is 1. The average Bonchev–Trinajstić information content (AvgIpc) is 3.21. The highest BCUT2D eigenvalue weighted by Gasteiger charge is 2.28. The van der Waals surface area contributed by atoms with Gasteiger partial charge in [-0.15, -0.1) is 21.5 Å². The predicted molar refractivity (Wildman–Crippen MR) is 96.7 cm³/mol. The summed E-state index contributed by atoms with van der Waals surface area (Å²) in [6, 6.07) is 6.95. The minimum absolute atomic E-state index is 0.178. The molecular formula is C16H11N5O2S2. The van der Waals surface area contributed by atoms with Crippen molar-refractivity contribution in [3.63, 3.8) is 0 Å². The maximum absolute atomic E-state index is 12.5. The third kappa shape index (κ3) is 2.52. The number of hydrogen-bond acceptors (Lipinski definition) is 7. The Morgan fingerprint density at radius 1 is 1.24 bits per heavy atom. The lowest BCUT2D eigenvalue weighted by Gasteiger charge is -1.97. The van der Waals surface area contributed by atoms with Crippen LogP contribution < -0.4 is 10.9 Å². The molecule has 1 amide bonds. The third-order valence-electron chi connectivity index (χ3n) is 4.03. The van der Waals surface area contributed by atoms with Crippen LogP contribution >= 0.6 is 22.7 Å². The first-order valence-electron chi connectivity index (χ1n) is 7.75. The quantitative estimate of drug-likeness (QED) is 0.600. The second-order valence-corrected chi connectivity index (χ2v) is 7.89. The highest BCUT2D eigenvalue weighted by Crippen LogP contribution is 2.42. The van der Waals surface area contributed by atoms with E-state index in [0.717, 1.165) is 17.8 Å². The van der Waals surface area contributed by atoms with Crippen molar-refractivity contribution < 1.29 is 4.79 Å². The Bertz CT molecular complexity index is 1190. The van der Waals surface area contributed by atoms with E-state index >= 15 is 0 Å². The molecule has 4 aromatic heterocycles. The number of nitrogens with one attached hydrogen (secondary N) is 1. The van der Waals surface area contributed by atoms with Crippen molar-refractivity contribution >= 4 is 49.6 Å². The molecule has 0 bridgehead atoms. The highest BCUT2D eigenvalue weighted by molar-refractivity contribution is 7.20. The van der Waals surface area contributed by atoms with E-state index in [-0.39, 0.29) is 11.5 Å². The number of thiophene rings is 1. The average molecular weight is 369 g/mol. The van der Waals surface area contributed by atoms with Crippen molar-refractivity contribution in [3.8, 4) is 0 Å². The van der Waals surface area contributed by atoms with Gasteiger partial charge >= 0.3 is 0 Å². The summed E-state index contributed by atoms with van der Waals surface area (Å²) in [5, 5.41) is 12.8. The maximum Gasteiger partial charge on any atom is 0.267 e. The number of aromatic nitrogens is 4. The van der Waals surface area contributed by atoms with Crippen LogP contribution in [0.2, 0.25) is 0 Å².